The SMILES string of the molecule is C[C@]12CC[C@@H](O)[C@H](N3CCCCC3)[C@@H]1CC[C@@H]1[C@@H]2CC[C@]2(C)C(=O)CC[C@@H]12. The Kier molecular flexibility index (Phi) is 4.52. The van der Waals surface area contributed by atoms with Gasteiger partial charge in [-0.05, 0) is 100.0 Å². The van der Waals surface area contributed by atoms with Crippen molar-refractivity contribution in [3.63, 3.8) is 0 Å². The Morgan fingerprint density at radius 2 is 1.67 bits per heavy atom. The zero-order valence-corrected chi connectivity index (χ0v) is 17.5. The summed E-state index contributed by atoms with van der Waals surface area (Å²) in [6, 6.07) is 0.392. The highest BCUT2D eigenvalue weighted by atomic mass is 16.3. The lowest BCUT2D eigenvalue weighted by Crippen LogP contribution is -2.62. The van der Waals surface area contributed by atoms with Crippen LogP contribution in [0.3, 0.4) is 0 Å². The summed E-state index contributed by atoms with van der Waals surface area (Å²) in [6.45, 7) is 7.25. The molecule has 4 aliphatic carbocycles. The average Bonchev–Trinajstić information content (AvgIpc) is 2.98. The summed E-state index contributed by atoms with van der Waals surface area (Å²) in [4.78, 5) is 15.3. The molecule has 0 aromatic rings. The third-order valence-corrected chi connectivity index (χ3v) is 10.2. The molecule has 1 aliphatic heterocycles. The number of likely N-dealkylation sites (tertiary alicyclic amines) is 1. The normalized spacial score (nSPS) is 53.5. The van der Waals surface area contributed by atoms with Gasteiger partial charge in [0.05, 0.1) is 6.10 Å². The molecule has 0 aromatic carbocycles. The average molecular weight is 374 g/mol. The van der Waals surface area contributed by atoms with Crippen LogP contribution in [0.4, 0.5) is 0 Å². The molecule has 0 amide bonds. The van der Waals surface area contributed by atoms with Crippen LogP contribution in [-0.2, 0) is 4.79 Å². The number of aliphatic hydroxyl groups excluding tert-OH is 1. The third kappa shape index (κ3) is 2.63. The van der Waals surface area contributed by atoms with Crippen LogP contribution in [0.1, 0.15) is 84.5 Å². The van der Waals surface area contributed by atoms with Crippen molar-refractivity contribution in [1.82, 2.24) is 4.90 Å². The van der Waals surface area contributed by atoms with E-state index in [2.05, 4.69) is 18.7 Å². The van der Waals surface area contributed by atoms with E-state index in [0.29, 0.717) is 29.1 Å². The lowest BCUT2D eigenvalue weighted by molar-refractivity contribution is -0.161. The molecule has 3 heteroatoms. The van der Waals surface area contributed by atoms with Crippen molar-refractivity contribution in [2.75, 3.05) is 13.1 Å². The van der Waals surface area contributed by atoms with Gasteiger partial charge in [-0.2, -0.15) is 0 Å². The number of hydrogen-bond donors (Lipinski definition) is 1. The molecular formula is C24H39NO2. The van der Waals surface area contributed by atoms with Gasteiger partial charge in [-0.25, -0.2) is 0 Å². The maximum atomic E-state index is 12.6. The van der Waals surface area contributed by atoms with E-state index in [0.717, 1.165) is 37.5 Å². The van der Waals surface area contributed by atoms with E-state index < -0.39 is 0 Å². The molecule has 1 N–H and O–H groups in total. The van der Waals surface area contributed by atoms with Gasteiger partial charge in [0.15, 0.2) is 0 Å². The van der Waals surface area contributed by atoms with Gasteiger partial charge < -0.3 is 5.11 Å². The highest BCUT2D eigenvalue weighted by Crippen LogP contribution is 2.65. The maximum absolute atomic E-state index is 12.6. The quantitative estimate of drug-likeness (QED) is 0.739. The molecule has 4 saturated carbocycles. The minimum Gasteiger partial charge on any atom is -0.391 e. The minimum atomic E-state index is -0.125. The fourth-order valence-electron chi connectivity index (χ4n) is 8.80. The van der Waals surface area contributed by atoms with Gasteiger partial charge in [0.1, 0.15) is 5.78 Å². The van der Waals surface area contributed by atoms with Gasteiger partial charge in [0.2, 0.25) is 0 Å². The summed E-state index contributed by atoms with van der Waals surface area (Å²) in [5.41, 5.74) is 0.363. The number of rotatable bonds is 1. The van der Waals surface area contributed by atoms with E-state index in [1.165, 1.54) is 58.0 Å². The fraction of sp³-hybridized carbons (Fsp3) is 0.958. The zero-order valence-electron chi connectivity index (χ0n) is 17.5. The molecule has 5 aliphatic rings. The number of nitrogens with zero attached hydrogens (tertiary/aromatic N) is 1. The van der Waals surface area contributed by atoms with Crippen molar-refractivity contribution >= 4 is 5.78 Å². The first-order valence-corrected chi connectivity index (χ1v) is 11.9. The lowest BCUT2D eigenvalue weighted by Gasteiger charge is -2.63. The fourth-order valence-corrected chi connectivity index (χ4v) is 8.80. The van der Waals surface area contributed by atoms with E-state index in [1.54, 1.807) is 0 Å². The predicted octanol–water partition coefficient (Wildman–Crippen LogP) is 4.42. The van der Waals surface area contributed by atoms with Crippen molar-refractivity contribution in [1.29, 1.82) is 0 Å². The Bertz CT molecular complexity index is 599. The van der Waals surface area contributed by atoms with Crippen LogP contribution in [0.2, 0.25) is 0 Å². The molecule has 1 heterocycles. The molecular weight excluding hydrogens is 334 g/mol. The second-order valence-electron chi connectivity index (χ2n) is 11.2. The van der Waals surface area contributed by atoms with Crippen LogP contribution in [0.15, 0.2) is 0 Å². The van der Waals surface area contributed by atoms with Crippen molar-refractivity contribution in [3.8, 4) is 0 Å². The number of Topliss-reactive ketones (excluding diaryl/α,β-unsaturated/α-hetero) is 1. The van der Waals surface area contributed by atoms with Gasteiger partial charge in [0.25, 0.3) is 0 Å². The van der Waals surface area contributed by atoms with Gasteiger partial charge in [-0.3, -0.25) is 9.69 Å². The van der Waals surface area contributed by atoms with Crippen LogP contribution in [0, 0.1) is 34.5 Å². The first-order valence-electron chi connectivity index (χ1n) is 11.9. The van der Waals surface area contributed by atoms with Crippen LogP contribution in [0.5, 0.6) is 0 Å². The first kappa shape index (κ1) is 18.6. The molecule has 0 radical (unpaired) electrons. The summed E-state index contributed by atoms with van der Waals surface area (Å²) < 4.78 is 0. The molecule has 5 rings (SSSR count). The number of carbonyl (C=O) groups is 1. The number of ketones is 1. The summed E-state index contributed by atoms with van der Waals surface area (Å²) in [5.74, 6) is 3.39. The molecule has 0 bridgehead atoms. The largest absolute Gasteiger partial charge is 0.391 e. The van der Waals surface area contributed by atoms with E-state index in [1.807, 2.05) is 0 Å². The summed E-state index contributed by atoms with van der Waals surface area (Å²) >= 11 is 0. The Labute approximate surface area is 165 Å². The van der Waals surface area contributed by atoms with Crippen LogP contribution in [-0.4, -0.2) is 41.0 Å². The number of hydrogen-bond acceptors (Lipinski definition) is 3. The van der Waals surface area contributed by atoms with Crippen molar-refractivity contribution in [3.05, 3.63) is 0 Å². The first-order chi connectivity index (χ1) is 12.9. The van der Waals surface area contributed by atoms with E-state index in [9.17, 15) is 9.90 Å². The van der Waals surface area contributed by atoms with Crippen LogP contribution in [0.25, 0.3) is 0 Å². The monoisotopic (exact) mass is 373 g/mol. The number of aliphatic hydroxyl groups is 1. The van der Waals surface area contributed by atoms with E-state index in [4.69, 9.17) is 0 Å². The minimum absolute atomic E-state index is 0.00911. The highest BCUT2D eigenvalue weighted by Gasteiger charge is 2.62. The molecule has 8 atom stereocenters. The summed E-state index contributed by atoms with van der Waals surface area (Å²) in [6.07, 6.45) is 13.0. The third-order valence-electron chi connectivity index (χ3n) is 10.2. The van der Waals surface area contributed by atoms with Gasteiger partial charge >= 0.3 is 0 Å². The Morgan fingerprint density at radius 1 is 0.889 bits per heavy atom. The van der Waals surface area contributed by atoms with E-state index in [-0.39, 0.29) is 11.5 Å². The molecule has 3 nitrogen and oxygen atoms in total. The topological polar surface area (TPSA) is 40.5 Å². The number of carbonyl (C=O) groups excluding carboxylic acids is 1. The van der Waals surface area contributed by atoms with Crippen molar-refractivity contribution < 1.29 is 9.90 Å². The second-order valence-corrected chi connectivity index (χ2v) is 11.2. The summed E-state index contributed by atoms with van der Waals surface area (Å²) in [5, 5.41) is 11.0. The Balaban J connectivity index is 1.43. The van der Waals surface area contributed by atoms with Gasteiger partial charge in [-0.15, -0.1) is 0 Å². The molecule has 152 valence electrons. The van der Waals surface area contributed by atoms with Gasteiger partial charge in [-0.1, -0.05) is 20.3 Å². The molecule has 0 unspecified atom stereocenters. The second kappa shape index (κ2) is 6.55. The smallest absolute Gasteiger partial charge is 0.139 e. The van der Waals surface area contributed by atoms with Crippen LogP contribution >= 0.6 is 0 Å². The maximum Gasteiger partial charge on any atom is 0.139 e. The number of fused-ring (bicyclic) bond motifs is 5. The molecule has 1 saturated heterocycles. The Morgan fingerprint density at radius 3 is 2.44 bits per heavy atom. The van der Waals surface area contributed by atoms with Gasteiger partial charge in [0, 0.05) is 17.9 Å². The van der Waals surface area contributed by atoms with Crippen molar-refractivity contribution in [2.45, 2.75) is 96.6 Å². The summed E-state index contributed by atoms with van der Waals surface area (Å²) in [7, 11) is 0. The number of piperidine rings is 1. The zero-order chi connectivity index (χ0) is 18.8. The molecule has 0 spiro atoms. The molecule has 27 heavy (non-hydrogen) atoms. The lowest BCUT2D eigenvalue weighted by atomic mass is 9.44. The molecule has 5 fully saturated rings. The highest BCUT2D eigenvalue weighted by molar-refractivity contribution is 5.87. The standard InChI is InChI=1S/C24H39NO2/c1-23-13-11-20(26)22(25-14-4-3-5-15-25)19(23)7-6-16-17-8-9-21(27)24(17,2)12-10-18(16)23/h16-20,22,26H,3-15H2,1-2H3/t16-,17-,18-,19-,20+,22+,23+,24-/m0/s1. The van der Waals surface area contributed by atoms with E-state index >= 15 is 0 Å². The van der Waals surface area contributed by atoms with Crippen LogP contribution < -0.4 is 0 Å². The van der Waals surface area contributed by atoms with Crippen molar-refractivity contribution in [2.24, 2.45) is 34.5 Å². The molecule has 0 aromatic heterocycles. The Hall–Kier alpha value is -0.410. The predicted molar refractivity (Wildman–Crippen MR) is 107 cm³/mol.